The van der Waals surface area contributed by atoms with E-state index in [0.717, 1.165) is 12.4 Å². The molecule has 5 rings (SSSR count). The van der Waals surface area contributed by atoms with Gasteiger partial charge in [0.05, 0.1) is 18.8 Å². The minimum atomic E-state index is -3.02. The highest BCUT2D eigenvalue weighted by Gasteiger charge is 2.53. The van der Waals surface area contributed by atoms with Crippen molar-refractivity contribution < 1.29 is 31.9 Å². The van der Waals surface area contributed by atoms with Crippen LogP contribution in [0.25, 0.3) is 16.8 Å². The van der Waals surface area contributed by atoms with Crippen molar-refractivity contribution in [2.75, 3.05) is 6.61 Å². The van der Waals surface area contributed by atoms with Crippen molar-refractivity contribution >= 4 is 5.91 Å². The zero-order valence-electron chi connectivity index (χ0n) is 24.1. The first kappa shape index (κ1) is 30.9. The number of hydrogen-bond acceptors (Lipinski definition) is 6. The van der Waals surface area contributed by atoms with E-state index in [2.05, 4.69) is 27.1 Å². The van der Waals surface area contributed by atoms with E-state index in [1.54, 1.807) is 24.3 Å². The van der Waals surface area contributed by atoms with Crippen molar-refractivity contribution in [1.82, 2.24) is 34.8 Å². The molecule has 2 atom stereocenters. The minimum absolute atomic E-state index is 0.167. The van der Waals surface area contributed by atoms with Crippen molar-refractivity contribution in [2.24, 2.45) is 5.41 Å². The van der Waals surface area contributed by atoms with Crippen LogP contribution in [0.15, 0.2) is 73.6 Å². The summed E-state index contributed by atoms with van der Waals surface area (Å²) in [6, 6.07) is 9.36. The van der Waals surface area contributed by atoms with E-state index in [1.165, 1.54) is 29.4 Å². The van der Waals surface area contributed by atoms with E-state index < -0.39 is 54.1 Å². The predicted octanol–water partition coefficient (Wildman–Crippen LogP) is 5.87. The summed E-state index contributed by atoms with van der Waals surface area (Å²) >= 11 is 0. The number of rotatable bonds is 9. The number of hydrogen-bond donors (Lipinski definition) is 2. The van der Waals surface area contributed by atoms with Gasteiger partial charge in [0.15, 0.2) is 5.82 Å². The fourth-order valence-corrected chi connectivity index (χ4v) is 5.59. The Labute approximate surface area is 249 Å². The van der Waals surface area contributed by atoms with Gasteiger partial charge in [-0.2, -0.15) is 19.0 Å². The van der Waals surface area contributed by atoms with Gasteiger partial charge in [0.25, 0.3) is 12.3 Å². The number of carbonyl (C=O) groups is 1. The lowest BCUT2D eigenvalue weighted by Crippen LogP contribution is -2.47. The Morgan fingerprint density at radius 2 is 1.75 bits per heavy atom. The molecule has 0 spiro atoms. The van der Waals surface area contributed by atoms with Gasteiger partial charge in [0, 0.05) is 11.8 Å². The lowest BCUT2D eigenvalue weighted by Gasteiger charge is -2.35. The molecule has 1 fully saturated rings. The van der Waals surface area contributed by atoms with Gasteiger partial charge in [-0.15, -0.1) is 0 Å². The lowest BCUT2D eigenvalue weighted by molar-refractivity contribution is -0.135. The molecule has 0 bridgehead atoms. The molecule has 14 heteroatoms. The van der Waals surface area contributed by atoms with Crippen molar-refractivity contribution in [2.45, 2.75) is 51.7 Å². The fourth-order valence-electron chi connectivity index (χ4n) is 5.59. The third-order valence-corrected chi connectivity index (χ3v) is 7.38. The van der Waals surface area contributed by atoms with E-state index >= 15 is 0 Å². The molecule has 4 aromatic rings. The molecule has 0 unspecified atom stereocenters. The third kappa shape index (κ3) is 5.56. The molecule has 0 saturated carbocycles. The third-order valence-electron chi connectivity index (χ3n) is 7.38. The quantitative estimate of drug-likeness (QED) is 0.229. The van der Waals surface area contributed by atoms with Gasteiger partial charge in [-0.25, -0.2) is 27.5 Å². The Bertz CT molecular complexity index is 1680. The predicted molar refractivity (Wildman–Crippen MR) is 150 cm³/mol. The molecule has 1 amide bonds. The van der Waals surface area contributed by atoms with Crippen LogP contribution in [-0.4, -0.2) is 47.1 Å². The monoisotopic (exact) mass is 615 g/mol. The molecule has 0 radical (unpaired) electrons. The summed E-state index contributed by atoms with van der Waals surface area (Å²) in [5, 5.41) is 21.2. The van der Waals surface area contributed by atoms with E-state index in [4.69, 9.17) is 0 Å². The second-order valence-electron chi connectivity index (χ2n) is 11.7. The Kier molecular flexibility index (Phi) is 8.05. The number of amides is 1. The van der Waals surface area contributed by atoms with Gasteiger partial charge in [0.2, 0.25) is 0 Å². The average Bonchev–Trinajstić information content (AvgIpc) is 3.70. The van der Waals surface area contributed by atoms with E-state index in [1.807, 2.05) is 20.8 Å². The fraction of sp³-hybridized carbons (Fsp3) is 0.333. The second-order valence-corrected chi connectivity index (χ2v) is 11.7. The highest BCUT2D eigenvalue weighted by atomic mass is 19.3. The highest BCUT2D eigenvalue weighted by molar-refractivity contribution is 5.92. The Balaban J connectivity index is 1.53. The maximum atomic E-state index is 14.9. The maximum absolute atomic E-state index is 14.9. The van der Waals surface area contributed by atoms with E-state index in [0.29, 0.717) is 32.5 Å². The molecule has 232 valence electrons. The van der Waals surface area contributed by atoms with E-state index in [-0.39, 0.29) is 17.1 Å². The van der Waals surface area contributed by atoms with Gasteiger partial charge in [-0.3, -0.25) is 9.69 Å². The van der Waals surface area contributed by atoms with Crippen LogP contribution < -0.4 is 5.32 Å². The van der Waals surface area contributed by atoms with Crippen LogP contribution in [0.3, 0.4) is 0 Å². The second kappa shape index (κ2) is 11.5. The summed E-state index contributed by atoms with van der Waals surface area (Å²) in [5.41, 5.74) is -0.186. The van der Waals surface area contributed by atoms with Crippen molar-refractivity contribution in [3.05, 3.63) is 96.4 Å². The van der Waals surface area contributed by atoms with Crippen molar-refractivity contribution in [3.63, 3.8) is 0 Å². The van der Waals surface area contributed by atoms with Crippen LogP contribution in [0, 0.1) is 11.2 Å². The summed E-state index contributed by atoms with van der Waals surface area (Å²) < 4.78 is 69.1. The number of alkyl halides is 4. The number of aliphatic hydroxyl groups excluding tert-OH is 1. The first-order valence-corrected chi connectivity index (χ1v) is 13.6. The first-order valence-electron chi connectivity index (χ1n) is 13.6. The van der Waals surface area contributed by atoms with Crippen molar-refractivity contribution in [3.8, 4) is 16.8 Å². The number of halogens is 5. The van der Waals surface area contributed by atoms with Gasteiger partial charge < -0.3 is 10.4 Å². The molecular formula is C30H30F5N7O2. The molecule has 2 aromatic heterocycles. The molecule has 2 N–H and O–H groups in total. The van der Waals surface area contributed by atoms with Gasteiger partial charge in [-0.05, 0) is 40.7 Å². The molecule has 1 aliphatic heterocycles. The summed E-state index contributed by atoms with van der Waals surface area (Å²) in [5.74, 6) is -1.90. The number of carbonyl (C=O) groups excluding carboxylic acids is 1. The summed E-state index contributed by atoms with van der Waals surface area (Å²) in [6.45, 7) is 6.52. The average molecular weight is 616 g/mol. The molecule has 9 nitrogen and oxygen atoms in total. The summed E-state index contributed by atoms with van der Waals surface area (Å²) in [7, 11) is 0. The molecule has 1 saturated heterocycles. The first-order chi connectivity index (χ1) is 20.8. The van der Waals surface area contributed by atoms with Crippen LogP contribution in [0.4, 0.5) is 22.0 Å². The largest absolute Gasteiger partial charge is 0.394 e. The number of benzene rings is 2. The SMILES string of the molecule is C=C1N[C@](CC(C)(C)C)(c2ccc(-c3cnn(C(F)F)c3)cc2)C(=O)N1[C@H](CO)c1ccc(F)c(-n2ncnc2C(F)F)c1. The molecule has 3 heterocycles. The normalized spacial score (nSPS) is 18.0. The van der Waals surface area contributed by atoms with Crippen LogP contribution in [0.2, 0.25) is 0 Å². The summed E-state index contributed by atoms with van der Waals surface area (Å²) in [6.07, 6.45) is 0.688. The Morgan fingerprint density at radius 3 is 2.34 bits per heavy atom. The Morgan fingerprint density at radius 1 is 1.05 bits per heavy atom. The summed E-state index contributed by atoms with van der Waals surface area (Å²) in [4.78, 5) is 19.2. The number of aromatic nitrogens is 5. The zero-order chi connectivity index (χ0) is 32.0. The smallest absolute Gasteiger partial charge is 0.333 e. The highest BCUT2D eigenvalue weighted by Crippen LogP contribution is 2.44. The molecule has 1 aliphatic rings. The van der Waals surface area contributed by atoms with Crippen molar-refractivity contribution in [1.29, 1.82) is 0 Å². The van der Waals surface area contributed by atoms with Crippen LogP contribution in [0.1, 0.15) is 63.2 Å². The standard InChI is InChI=1S/C30H30F5N7O2/c1-17-39-30(15-29(2,3)4,21-8-5-18(6-9-21)20-12-37-40(13-20)28(34)35)27(44)41(17)24(14-43)19-7-10-22(31)23(11-19)42-26(25(32)33)36-16-38-42/h5-13,16,24-25,28,39,43H,1,14-15H2,2-4H3/t24-,30-/m1/s1. The number of nitrogens with one attached hydrogen (secondary N) is 1. The molecular weight excluding hydrogens is 585 g/mol. The molecule has 2 aromatic carbocycles. The minimum Gasteiger partial charge on any atom is -0.394 e. The number of nitrogens with zero attached hydrogens (tertiary/aromatic N) is 6. The van der Waals surface area contributed by atoms with Crippen LogP contribution in [0.5, 0.6) is 0 Å². The topological polar surface area (TPSA) is 101 Å². The van der Waals surface area contributed by atoms with E-state index in [9.17, 15) is 31.9 Å². The van der Waals surface area contributed by atoms with Gasteiger partial charge >= 0.3 is 6.55 Å². The number of aliphatic hydroxyl groups is 1. The zero-order valence-corrected chi connectivity index (χ0v) is 24.1. The van der Waals surface area contributed by atoms with Crippen LogP contribution in [-0.2, 0) is 10.3 Å². The molecule has 0 aliphatic carbocycles. The lowest BCUT2D eigenvalue weighted by atomic mass is 9.75. The maximum Gasteiger partial charge on any atom is 0.333 e. The van der Waals surface area contributed by atoms with Gasteiger partial charge in [-0.1, -0.05) is 57.7 Å². The molecule has 44 heavy (non-hydrogen) atoms. The Hall–Kier alpha value is -4.59. The van der Waals surface area contributed by atoms with Crippen LogP contribution >= 0.6 is 0 Å². The van der Waals surface area contributed by atoms with Gasteiger partial charge in [0.1, 0.15) is 29.2 Å².